The maximum atomic E-state index is 3.08. The molecule has 0 amide bonds. The summed E-state index contributed by atoms with van der Waals surface area (Å²) in [5.41, 5.74) is 7.44. The van der Waals surface area contributed by atoms with Crippen molar-refractivity contribution in [1.82, 2.24) is 13.6 Å². The Kier molecular flexibility index (Phi) is 12.7. The zero-order chi connectivity index (χ0) is 36.9. The van der Waals surface area contributed by atoms with E-state index in [0.29, 0.717) is 0 Å². The topological polar surface area (TPSA) is 28.9 Å². The molecule has 7 nitrogen and oxygen atoms in total. The molecule has 0 saturated carbocycles. The summed E-state index contributed by atoms with van der Waals surface area (Å²) in [6.45, 7) is 6.16. The largest absolute Gasteiger partial charge is 2.00 e. The summed E-state index contributed by atoms with van der Waals surface area (Å²) in [6, 6.07) is 44.9. The molecular weight excluding hydrogens is 877 g/mol. The summed E-state index contributed by atoms with van der Waals surface area (Å²) < 4.78 is 15.0. The Hall–Kier alpha value is -5.03. The molecule has 53 heavy (non-hydrogen) atoms. The predicted molar refractivity (Wildman–Crippen MR) is 213 cm³/mol. The molecule has 0 bridgehead atoms. The predicted octanol–water partition coefficient (Wildman–Crippen LogP) is 7.42. The molecule has 5 aromatic carbocycles. The van der Waals surface area contributed by atoms with Crippen LogP contribution in [0.4, 0.5) is 5.69 Å². The monoisotopic (exact) mass is 925 g/mol. The number of pyridine rings is 1. The van der Waals surface area contributed by atoms with Crippen molar-refractivity contribution in [3.63, 3.8) is 0 Å². The summed E-state index contributed by atoms with van der Waals surface area (Å²) >= 11 is 0. The zero-order valence-corrected chi connectivity index (χ0v) is 36.5. The molecule has 8 heteroatoms. The van der Waals surface area contributed by atoms with Crippen LogP contribution in [0.1, 0.15) is 18.6 Å². The molecule has 0 atom stereocenters. The van der Waals surface area contributed by atoms with Crippen molar-refractivity contribution in [3.05, 3.63) is 151 Å². The number of nitrogens with zero attached hydrogens (tertiary/aromatic N) is 7. The fraction of sp³-hybridized carbons (Fsp3) is 0.200. The molecule has 4 heterocycles. The Morgan fingerprint density at radius 2 is 1.19 bits per heavy atom. The third-order valence-corrected chi connectivity index (χ3v) is 10.1. The van der Waals surface area contributed by atoms with Gasteiger partial charge in [0.25, 0.3) is 11.6 Å². The number of aromatic nitrogens is 6. The molecule has 264 valence electrons. The van der Waals surface area contributed by atoms with E-state index in [0.717, 1.165) is 5.69 Å². The average Bonchev–Trinajstić information content (AvgIpc) is 3.75. The number of benzene rings is 5. The van der Waals surface area contributed by atoms with Gasteiger partial charge >= 0.3 is 31.1 Å². The minimum atomic E-state index is 0. The number of fused-ring (bicyclic) bond motifs is 8. The zero-order valence-electron chi connectivity index (χ0n) is 32.3. The smallest absolute Gasteiger partial charge is 0.388 e. The van der Waals surface area contributed by atoms with Crippen LogP contribution in [0.15, 0.2) is 134 Å². The van der Waals surface area contributed by atoms with E-state index in [2.05, 4.69) is 191 Å². The second-order valence-electron chi connectivity index (χ2n) is 13.0. The first-order valence-corrected chi connectivity index (χ1v) is 17.6. The van der Waals surface area contributed by atoms with Gasteiger partial charge in [0.15, 0.2) is 23.6 Å². The van der Waals surface area contributed by atoms with Gasteiger partial charge in [-0.15, -0.1) is 4.68 Å². The molecule has 9 rings (SSSR count). The van der Waals surface area contributed by atoms with Gasteiger partial charge in [-0.1, -0.05) is 73.3 Å². The van der Waals surface area contributed by atoms with E-state index in [9.17, 15) is 0 Å². The van der Waals surface area contributed by atoms with E-state index >= 15 is 0 Å². The quantitative estimate of drug-likeness (QED) is 0.0711. The van der Waals surface area contributed by atoms with Crippen LogP contribution < -0.4 is 13.8 Å². The van der Waals surface area contributed by atoms with Crippen molar-refractivity contribution in [2.45, 2.75) is 20.8 Å². The number of rotatable bonds is 1. The van der Waals surface area contributed by atoms with Crippen LogP contribution in [0.3, 0.4) is 0 Å². The maximum absolute atomic E-state index is 3.08. The van der Waals surface area contributed by atoms with Gasteiger partial charge in [-0.05, 0) is 41.8 Å². The molecule has 0 saturated heterocycles. The minimum absolute atomic E-state index is 0. The fourth-order valence-corrected chi connectivity index (χ4v) is 6.67. The summed E-state index contributed by atoms with van der Waals surface area (Å²) in [5, 5.41) is 5.23. The number of hydrogen-bond donors (Lipinski definition) is 0. The van der Waals surface area contributed by atoms with E-state index in [-0.39, 0.29) is 31.1 Å². The Labute approximate surface area is 336 Å². The fourth-order valence-electron chi connectivity index (χ4n) is 6.67. The van der Waals surface area contributed by atoms with Crippen LogP contribution in [-0.2, 0) is 35.2 Å². The van der Waals surface area contributed by atoms with Crippen molar-refractivity contribution < 1.29 is 49.5 Å². The van der Waals surface area contributed by atoms with E-state index in [4.69, 9.17) is 0 Å². The van der Waals surface area contributed by atoms with Gasteiger partial charge < -0.3 is 4.58 Å². The van der Waals surface area contributed by atoms with E-state index in [1.54, 1.807) is 0 Å². The van der Waals surface area contributed by atoms with E-state index < -0.39 is 0 Å². The molecule has 0 aliphatic heterocycles. The summed E-state index contributed by atoms with van der Waals surface area (Å²) in [7, 11) is 12.3. The van der Waals surface area contributed by atoms with Crippen LogP contribution in [0.25, 0.3) is 49.1 Å². The molecule has 0 fully saturated rings. The molecule has 4 aromatic heterocycles. The maximum Gasteiger partial charge on any atom is 2.00 e. The van der Waals surface area contributed by atoms with Gasteiger partial charge in [-0.2, -0.15) is 33.3 Å². The van der Waals surface area contributed by atoms with Gasteiger partial charge in [-0.3, -0.25) is 0 Å². The molecule has 0 N–H and O–H groups in total. The van der Waals surface area contributed by atoms with Gasteiger partial charge in [0.2, 0.25) is 6.20 Å². The van der Waals surface area contributed by atoms with Gasteiger partial charge in [-0.25, -0.2) is 19.8 Å². The standard InChI is InChI=1S/C17H15N2.C10H13N2.C9H11N2.C9H10N.U/c1-12-18(2)11-17-15-9-4-3-7-13(15)14-8-5-6-10-16(14)19(12)17;1-8-11(2)9-6-4-5-7-10(9)12(8)3;1-10-7-8-5-3-4-6-9(8)11(10)2;1-3-10(2)9-7-5-4-6-8-9;/h3-11H,1-2H3;4-7H,1-3H3;3-7H,1-2H3;4-7H,1-2H3;/q3*+1;-1;+2. The third-order valence-electron chi connectivity index (χ3n) is 10.1. The van der Waals surface area contributed by atoms with Gasteiger partial charge in [0.05, 0.1) is 33.6 Å². The first-order valence-electron chi connectivity index (χ1n) is 17.6. The number of para-hydroxylation sites is 5. The molecule has 0 spiro atoms. The summed E-state index contributed by atoms with van der Waals surface area (Å²) in [4.78, 5) is 0. The van der Waals surface area contributed by atoms with Crippen molar-refractivity contribution in [3.8, 4) is 0 Å². The Balaban J connectivity index is 0.000000141. The molecule has 9 aromatic rings. The SMILES string of the molecule is C[C-]=[N+](C)c1[c-]cccc1.Cc1n(C)c2ccccc2[n+]1C.Cc1n2c3ccccc3c3ccccc3c2c[n+]1C.Cn1c2ccccc2c[n+]1C.[U+2]. The Bertz CT molecular complexity index is 2640. The van der Waals surface area contributed by atoms with E-state index in [1.165, 1.54) is 60.8 Å². The first kappa shape index (κ1) is 39.2. The summed E-state index contributed by atoms with van der Waals surface area (Å²) in [5.74, 6) is 2.52. The molecule has 0 unspecified atom stereocenters. The van der Waals surface area contributed by atoms with Crippen molar-refractivity contribution in [1.29, 1.82) is 0 Å². The number of aryl methyl sites for hydroxylation is 6. The minimum Gasteiger partial charge on any atom is -0.388 e. The third kappa shape index (κ3) is 8.00. The Morgan fingerprint density at radius 3 is 1.81 bits per heavy atom. The number of hydrogen-bond acceptors (Lipinski definition) is 0. The van der Waals surface area contributed by atoms with Crippen molar-refractivity contribution in [2.24, 2.45) is 35.2 Å². The molecule has 0 radical (unpaired) electrons. The van der Waals surface area contributed by atoms with Crippen LogP contribution in [0.2, 0.25) is 0 Å². The van der Waals surface area contributed by atoms with Crippen LogP contribution in [-0.4, -0.2) is 31.5 Å². The van der Waals surface area contributed by atoms with Gasteiger partial charge in [0.1, 0.15) is 24.3 Å². The number of imidazole rings is 2. The first-order chi connectivity index (χ1) is 25.1. The molecule has 0 aliphatic rings. The summed E-state index contributed by atoms with van der Waals surface area (Å²) in [6.07, 6.45) is 7.32. The molecule has 0 aliphatic carbocycles. The second kappa shape index (κ2) is 17.2. The van der Waals surface area contributed by atoms with Gasteiger partial charge in [0, 0.05) is 30.8 Å². The molecular formula is C45H49N7U+4. The second-order valence-corrected chi connectivity index (χ2v) is 13.0. The van der Waals surface area contributed by atoms with Crippen molar-refractivity contribution in [2.75, 3.05) is 7.05 Å². The Morgan fingerprint density at radius 1 is 0.623 bits per heavy atom. The van der Waals surface area contributed by atoms with Crippen LogP contribution in [0, 0.1) is 51.0 Å². The van der Waals surface area contributed by atoms with Crippen LogP contribution >= 0.6 is 0 Å². The van der Waals surface area contributed by atoms with Crippen LogP contribution in [0.5, 0.6) is 0 Å². The van der Waals surface area contributed by atoms with E-state index in [1.807, 2.05) is 49.9 Å². The average molecular weight is 926 g/mol. The van der Waals surface area contributed by atoms with Crippen molar-refractivity contribution >= 4 is 61.0 Å². The normalized spacial score (nSPS) is 11.1.